The first kappa shape index (κ1) is 15.1. The van der Waals surface area contributed by atoms with Crippen LogP contribution < -0.4 is 10.6 Å². The fourth-order valence-electron chi connectivity index (χ4n) is 2.32. The van der Waals surface area contributed by atoms with Gasteiger partial charge >= 0.3 is 0 Å². The fourth-order valence-corrected chi connectivity index (χ4v) is 2.63. The third-order valence-electron chi connectivity index (χ3n) is 3.40. The lowest BCUT2D eigenvalue weighted by atomic mass is 10.0. The van der Waals surface area contributed by atoms with E-state index >= 15 is 0 Å². The molecule has 1 heterocycles. The van der Waals surface area contributed by atoms with Gasteiger partial charge in [-0.3, -0.25) is 4.79 Å². The highest BCUT2D eigenvalue weighted by molar-refractivity contribution is 6.36. The Morgan fingerprint density at radius 1 is 1.17 bits per heavy atom. The van der Waals surface area contributed by atoms with Crippen molar-refractivity contribution in [3.63, 3.8) is 0 Å². The zero-order chi connectivity index (χ0) is 16.2. The number of amides is 1. The van der Waals surface area contributed by atoms with Crippen molar-refractivity contribution in [1.29, 1.82) is 0 Å². The predicted octanol–water partition coefficient (Wildman–Crippen LogP) is 3.67. The van der Waals surface area contributed by atoms with E-state index in [1.54, 1.807) is 7.05 Å². The molecule has 0 aliphatic carbocycles. The molecular formula is C16H13ClN4O2. The maximum Gasteiger partial charge on any atom is 0.248 e. The summed E-state index contributed by atoms with van der Waals surface area (Å²) in [6.07, 6.45) is 1.90. The lowest BCUT2D eigenvalue weighted by Crippen LogP contribution is -1.99. The van der Waals surface area contributed by atoms with Gasteiger partial charge in [-0.1, -0.05) is 29.8 Å². The zero-order valence-electron chi connectivity index (χ0n) is 12.2. The first-order valence-electron chi connectivity index (χ1n) is 6.82. The molecule has 0 aliphatic rings. The number of benzene rings is 2. The van der Waals surface area contributed by atoms with E-state index < -0.39 is 0 Å². The van der Waals surface area contributed by atoms with Gasteiger partial charge in [0.1, 0.15) is 0 Å². The van der Waals surface area contributed by atoms with Crippen LogP contribution in [0.25, 0.3) is 22.6 Å². The maximum absolute atomic E-state index is 10.6. The molecule has 0 saturated heterocycles. The number of aromatic nitrogens is 2. The minimum atomic E-state index is 0.366. The molecule has 23 heavy (non-hydrogen) atoms. The van der Waals surface area contributed by atoms with E-state index in [2.05, 4.69) is 20.8 Å². The number of hydrogen-bond acceptors (Lipinski definition) is 5. The molecular weight excluding hydrogens is 316 g/mol. The largest absolute Gasteiger partial charge is 0.423 e. The lowest BCUT2D eigenvalue weighted by Gasteiger charge is -2.12. The number of nitrogens with one attached hydrogen (secondary N) is 2. The van der Waals surface area contributed by atoms with Crippen molar-refractivity contribution in [1.82, 2.24) is 10.2 Å². The van der Waals surface area contributed by atoms with Crippen molar-refractivity contribution in [2.75, 3.05) is 17.7 Å². The molecule has 0 fully saturated rings. The van der Waals surface area contributed by atoms with Gasteiger partial charge in [0, 0.05) is 12.6 Å². The molecule has 0 unspecified atom stereocenters. The van der Waals surface area contributed by atoms with Crippen LogP contribution >= 0.6 is 11.6 Å². The van der Waals surface area contributed by atoms with Crippen LogP contribution in [0, 0.1) is 0 Å². The Kier molecular flexibility index (Phi) is 4.25. The van der Waals surface area contributed by atoms with Crippen molar-refractivity contribution in [3.8, 4) is 22.6 Å². The van der Waals surface area contributed by atoms with E-state index in [4.69, 9.17) is 16.0 Å². The molecule has 3 rings (SSSR count). The summed E-state index contributed by atoms with van der Waals surface area (Å²) in [5.74, 6) is 0.366. The molecule has 0 spiro atoms. The first-order valence-corrected chi connectivity index (χ1v) is 7.20. The Bertz CT molecular complexity index is 834. The molecule has 2 aromatic carbocycles. The monoisotopic (exact) mass is 328 g/mol. The number of carbonyl (C=O) groups excluding carboxylic acids is 1. The van der Waals surface area contributed by atoms with Gasteiger partial charge in [0.15, 0.2) is 0 Å². The first-order chi connectivity index (χ1) is 11.2. The standard InChI is InChI=1S/C16H13ClN4O2/c1-18-14-7-10(5-6-13(14)19-8-22)11-3-2-4-12(15(11)17)16-21-20-9-23-16/h2-9,18H,1H3,(H,19,22). The summed E-state index contributed by atoms with van der Waals surface area (Å²) < 4.78 is 5.22. The smallest absolute Gasteiger partial charge is 0.248 e. The predicted molar refractivity (Wildman–Crippen MR) is 89.4 cm³/mol. The molecule has 0 atom stereocenters. The van der Waals surface area contributed by atoms with Gasteiger partial charge in [0.05, 0.1) is 22.0 Å². The van der Waals surface area contributed by atoms with E-state index in [0.29, 0.717) is 28.6 Å². The van der Waals surface area contributed by atoms with E-state index in [1.807, 2.05) is 36.4 Å². The topological polar surface area (TPSA) is 80.1 Å². The number of halogens is 1. The number of anilines is 2. The Labute approximate surface area is 137 Å². The van der Waals surface area contributed by atoms with Crippen LogP contribution in [-0.4, -0.2) is 23.7 Å². The summed E-state index contributed by atoms with van der Waals surface area (Å²) in [5.41, 5.74) is 3.88. The van der Waals surface area contributed by atoms with Gasteiger partial charge in [0.2, 0.25) is 18.7 Å². The normalized spacial score (nSPS) is 10.3. The van der Waals surface area contributed by atoms with Crippen LogP contribution in [-0.2, 0) is 4.79 Å². The molecule has 1 amide bonds. The summed E-state index contributed by atoms with van der Waals surface area (Å²) >= 11 is 6.51. The Morgan fingerprint density at radius 2 is 2.00 bits per heavy atom. The molecule has 3 aromatic rings. The molecule has 0 saturated carbocycles. The van der Waals surface area contributed by atoms with Crippen molar-refractivity contribution in [3.05, 3.63) is 47.8 Å². The van der Waals surface area contributed by atoms with Crippen LogP contribution in [0.1, 0.15) is 0 Å². The Balaban J connectivity index is 2.09. The highest BCUT2D eigenvalue weighted by Crippen LogP contribution is 2.37. The third kappa shape index (κ3) is 2.89. The quantitative estimate of drug-likeness (QED) is 0.698. The Hall–Kier alpha value is -2.86. The second-order valence-electron chi connectivity index (χ2n) is 4.68. The second-order valence-corrected chi connectivity index (χ2v) is 5.06. The molecule has 0 radical (unpaired) electrons. The number of hydrogen-bond donors (Lipinski definition) is 2. The average molecular weight is 329 g/mol. The second kappa shape index (κ2) is 6.50. The number of carbonyl (C=O) groups is 1. The van der Waals surface area contributed by atoms with Crippen molar-refractivity contribution >= 4 is 29.4 Å². The molecule has 116 valence electrons. The molecule has 2 N–H and O–H groups in total. The zero-order valence-corrected chi connectivity index (χ0v) is 13.0. The number of rotatable bonds is 5. The highest BCUT2D eigenvalue weighted by Gasteiger charge is 2.14. The molecule has 0 bridgehead atoms. The molecule has 1 aromatic heterocycles. The van der Waals surface area contributed by atoms with Gasteiger partial charge in [0.25, 0.3) is 0 Å². The average Bonchev–Trinajstić information content (AvgIpc) is 3.10. The highest BCUT2D eigenvalue weighted by atomic mass is 35.5. The summed E-state index contributed by atoms with van der Waals surface area (Å²) in [6.45, 7) is 0. The summed E-state index contributed by atoms with van der Waals surface area (Å²) in [6, 6.07) is 11.2. The van der Waals surface area contributed by atoms with Crippen molar-refractivity contribution < 1.29 is 9.21 Å². The van der Waals surface area contributed by atoms with E-state index in [0.717, 1.165) is 16.8 Å². The van der Waals surface area contributed by atoms with Crippen molar-refractivity contribution in [2.45, 2.75) is 0 Å². The van der Waals surface area contributed by atoms with Crippen LogP contribution in [0.2, 0.25) is 5.02 Å². The Morgan fingerprint density at radius 3 is 2.70 bits per heavy atom. The van der Waals surface area contributed by atoms with Crippen LogP contribution in [0.5, 0.6) is 0 Å². The van der Waals surface area contributed by atoms with Crippen molar-refractivity contribution in [2.24, 2.45) is 0 Å². The lowest BCUT2D eigenvalue weighted by molar-refractivity contribution is -0.105. The van der Waals surface area contributed by atoms with E-state index in [9.17, 15) is 4.79 Å². The number of nitrogens with zero attached hydrogens (tertiary/aromatic N) is 2. The summed E-state index contributed by atoms with van der Waals surface area (Å²) in [4.78, 5) is 10.6. The van der Waals surface area contributed by atoms with Gasteiger partial charge in [-0.05, 0) is 23.8 Å². The SMILES string of the molecule is CNc1cc(-c2cccc(-c3nnco3)c2Cl)ccc1NC=O. The minimum Gasteiger partial charge on any atom is -0.423 e. The summed E-state index contributed by atoms with van der Waals surface area (Å²) in [5, 5.41) is 13.8. The summed E-state index contributed by atoms with van der Waals surface area (Å²) in [7, 11) is 1.78. The van der Waals surface area contributed by atoms with E-state index in [-0.39, 0.29) is 0 Å². The van der Waals surface area contributed by atoms with Gasteiger partial charge in [-0.25, -0.2) is 0 Å². The fraction of sp³-hybridized carbons (Fsp3) is 0.0625. The molecule has 0 aliphatic heterocycles. The van der Waals surface area contributed by atoms with Crippen LogP contribution in [0.3, 0.4) is 0 Å². The molecule has 6 nitrogen and oxygen atoms in total. The van der Waals surface area contributed by atoms with Crippen LogP contribution in [0.15, 0.2) is 47.2 Å². The van der Waals surface area contributed by atoms with Gasteiger partial charge in [-0.2, -0.15) is 0 Å². The van der Waals surface area contributed by atoms with E-state index in [1.165, 1.54) is 6.39 Å². The van der Waals surface area contributed by atoms with Crippen LogP contribution in [0.4, 0.5) is 11.4 Å². The maximum atomic E-state index is 10.6. The minimum absolute atomic E-state index is 0.366. The van der Waals surface area contributed by atoms with Gasteiger partial charge in [-0.15, -0.1) is 10.2 Å². The third-order valence-corrected chi connectivity index (χ3v) is 3.81. The molecule has 7 heteroatoms. The van der Waals surface area contributed by atoms with Gasteiger partial charge < -0.3 is 15.1 Å².